The van der Waals surface area contributed by atoms with Gasteiger partial charge in [0.15, 0.2) is 0 Å². The van der Waals surface area contributed by atoms with Crippen molar-refractivity contribution in [3.8, 4) is 5.75 Å². The molecule has 90 valence electrons. The molecule has 3 nitrogen and oxygen atoms in total. The van der Waals surface area contributed by atoms with Crippen LogP contribution in [0.5, 0.6) is 5.75 Å². The molecule has 0 saturated heterocycles. The van der Waals surface area contributed by atoms with E-state index in [4.69, 9.17) is 9.15 Å². The summed E-state index contributed by atoms with van der Waals surface area (Å²) in [5.74, 6) is 1.85. The van der Waals surface area contributed by atoms with Crippen molar-refractivity contribution >= 4 is 0 Å². The van der Waals surface area contributed by atoms with Gasteiger partial charge in [-0.2, -0.15) is 0 Å². The van der Waals surface area contributed by atoms with Crippen molar-refractivity contribution in [3.63, 3.8) is 0 Å². The van der Waals surface area contributed by atoms with Crippen LogP contribution in [0.15, 0.2) is 53.1 Å². The van der Waals surface area contributed by atoms with E-state index in [1.54, 1.807) is 6.26 Å². The van der Waals surface area contributed by atoms with Gasteiger partial charge in [-0.25, -0.2) is 0 Å². The molecule has 0 aliphatic heterocycles. The van der Waals surface area contributed by atoms with Gasteiger partial charge in [0.1, 0.15) is 18.1 Å². The molecule has 1 heterocycles. The second-order valence-corrected chi connectivity index (χ2v) is 3.85. The Labute approximate surface area is 101 Å². The van der Waals surface area contributed by atoms with E-state index in [1.807, 2.05) is 42.5 Å². The summed E-state index contributed by atoms with van der Waals surface area (Å²) < 4.78 is 10.9. The lowest BCUT2D eigenvalue weighted by Gasteiger charge is -2.11. The summed E-state index contributed by atoms with van der Waals surface area (Å²) in [5, 5.41) is 3.34. The molecule has 0 bridgehead atoms. The predicted molar refractivity (Wildman–Crippen MR) is 67.1 cm³/mol. The van der Waals surface area contributed by atoms with Crippen LogP contribution in [0.4, 0.5) is 0 Å². The SMILES string of the molecule is CC(NCCOc1ccccc1)c1ccco1. The lowest BCUT2D eigenvalue weighted by Crippen LogP contribution is -2.24. The topological polar surface area (TPSA) is 34.4 Å². The van der Waals surface area contributed by atoms with Gasteiger partial charge in [0, 0.05) is 6.54 Å². The Morgan fingerprint density at radius 1 is 1.18 bits per heavy atom. The zero-order valence-electron chi connectivity index (χ0n) is 9.93. The molecule has 0 fully saturated rings. The largest absolute Gasteiger partial charge is 0.492 e. The van der Waals surface area contributed by atoms with E-state index < -0.39 is 0 Å². The maximum absolute atomic E-state index is 5.58. The van der Waals surface area contributed by atoms with Crippen LogP contribution in [0.25, 0.3) is 0 Å². The number of benzene rings is 1. The maximum Gasteiger partial charge on any atom is 0.120 e. The highest BCUT2D eigenvalue weighted by Crippen LogP contribution is 2.12. The van der Waals surface area contributed by atoms with Crippen LogP contribution in [0, 0.1) is 0 Å². The molecule has 0 aliphatic carbocycles. The molecule has 1 aromatic heterocycles. The van der Waals surface area contributed by atoms with Crippen molar-refractivity contribution in [1.82, 2.24) is 5.32 Å². The molecule has 17 heavy (non-hydrogen) atoms. The number of para-hydroxylation sites is 1. The molecule has 2 rings (SSSR count). The van der Waals surface area contributed by atoms with E-state index in [0.29, 0.717) is 6.61 Å². The average Bonchev–Trinajstić information content (AvgIpc) is 2.89. The highest BCUT2D eigenvalue weighted by molar-refractivity contribution is 5.20. The van der Waals surface area contributed by atoms with E-state index in [9.17, 15) is 0 Å². The standard InChI is InChI=1S/C14H17NO2/c1-12(14-8-5-10-17-14)15-9-11-16-13-6-3-2-4-7-13/h2-8,10,12,15H,9,11H2,1H3. The second kappa shape index (κ2) is 6.11. The fourth-order valence-electron chi connectivity index (χ4n) is 1.60. The molecule has 1 aromatic carbocycles. The van der Waals surface area contributed by atoms with E-state index in [-0.39, 0.29) is 6.04 Å². The maximum atomic E-state index is 5.58. The Balaban J connectivity index is 1.67. The van der Waals surface area contributed by atoms with Crippen LogP contribution in [-0.2, 0) is 0 Å². The minimum absolute atomic E-state index is 0.212. The number of furan rings is 1. The van der Waals surface area contributed by atoms with Crippen molar-refractivity contribution in [2.45, 2.75) is 13.0 Å². The van der Waals surface area contributed by atoms with Gasteiger partial charge in [-0.15, -0.1) is 0 Å². The molecule has 1 N–H and O–H groups in total. The first-order valence-electron chi connectivity index (χ1n) is 5.81. The van der Waals surface area contributed by atoms with Crippen LogP contribution >= 0.6 is 0 Å². The van der Waals surface area contributed by atoms with Gasteiger partial charge >= 0.3 is 0 Å². The van der Waals surface area contributed by atoms with Crippen molar-refractivity contribution in [2.75, 3.05) is 13.2 Å². The van der Waals surface area contributed by atoms with E-state index in [2.05, 4.69) is 12.2 Å². The first-order chi connectivity index (χ1) is 8.36. The lowest BCUT2D eigenvalue weighted by atomic mass is 10.2. The molecule has 0 amide bonds. The predicted octanol–water partition coefficient (Wildman–Crippen LogP) is 3.01. The summed E-state index contributed by atoms with van der Waals surface area (Å²) in [4.78, 5) is 0. The van der Waals surface area contributed by atoms with E-state index >= 15 is 0 Å². The van der Waals surface area contributed by atoms with Crippen LogP contribution in [0.1, 0.15) is 18.7 Å². The monoisotopic (exact) mass is 231 g/mol. The normalized spacial score (nSPS) is 12.3. The Bertz CT molecular complexity index is 411. The Morgan fingerprint density at radius 3 is 2.71 bits per heavy atom. The van der Waals surface area contributed by atoms with Crippen molar-refractivity contribution in [1.29, 1.82) is 0 Å². The molecule has 0 spiro atoms. The van der Waals surface area contributed by atoms with E-state index in [0.717, 1.165) is 18.1 Å². The molecule has 0 saturated carbocycles. The fraction of sp³-hybridized carbons (Fsp3) is 0.286. The van der Waals surface area contributed by atoms with Gasteiger partial charge in [-0.05, 0) is 31.2 Å². The third-order valence-electron chi connectivity index (χ3n) is 2.53. The number of ether oxygens (including phenoxy) is 1. The summed E-state index contributed by atoms with van der Waals surface area (Å²) >= 11 is 0. The number of nitrogens with one attached hydrogen (secondary N) is 1. The molecule has 1 unspecified atom stereocenters. The molecule has 1 atom stereocenters. The first kappa shape index (κ1) is 11.7. The quantitative estimate of drug-likeness (QED) is 0.776. The summed E-state index contributed by atoms with van der Waals surface area (Å²) in [6.45, 7) is 3.51. The van der Waals surface area contributed by atoms with Crippen LogP contribution in [0.3, 0.4) is 0 Å². The summed E-state index contributed by atoms with van der Waals surface area (Å²) in [5.41, 5.74) is 0. The van der Waals surface area contributed by atoms with Gasteiger partial charge in [0.25, 0.3) is 0 Å². The molecular formula is C14H17NO2. The zero-order chi connectivity index (χ0) is 11.9. The second-order valence-electron chi connectivity index (χ2n) is 3.85. The van der Waals surface area contributed by atoms with Crippen molar-refractivity contribution < 1.29 is 9.15 Å². The molecule has 0 aliphatic rings. The summed E-state index contributed by atoms with van der Waals surface area (Å²) in [6.07, 6.45) is 1.69. The van der Waals surface area contributed by atoms with Crippen LogP contribution in [0.2, 0.25) is 0 Å². The fourth-order valence-corrected chi connectivity index (χ4v) is 1.60. The van der Waals surface area contributed by atoms with Crippen molar-refractivity contribution in [2.24, 2.45) is 0 Å². The first-order valence-corrected chi connectivity index (χ1v) is 5.81. The van der Waals surface area contributed by atoms with Gasteiger partial charge in [-0.1, -0.05) is 18.2 Å². The minimum atomic E-state index is 0.212. The third-order valence-corrected chi connectivity index (χ3v) is 2.53. The third kappa shape index (κ3) is 3.64. The summed E-state index contributed by atoms with van der Waals surface area (Å²) in [6, 6.07) is 13.9. The smallest absolute Gasteiger partial charge is 0.120 e. The zero-order valence-corrected chi connectivity index (χ0v) is 9.93. The van der Waals surface area contributed by atoms with Gasteiger partial charge in [0.2, 0.25) is 0 Å². The van der Waals surface area contributed by atoms with Gasteiger partial charge < -0.3 is 14.5 Å². The number of hydrogen-bond donors (Lipinski definition) is 1. The lowest BCUT2D eigenvalue weighted by molar-refractivity contribution is 0.302. The average molecular weight is 231 g/mol. The highest BCUT2D eigenvalue weighted by atomic mass is 16.5. The van der Waals surface area contributed by atoms with Crippen LogP contribution in [-0.4, -0.2) is 13.2 Å². The Kier molecular flexibility index (Phi) is 4.22. The molecule has 3 heteroatoms. The van der Waals surface area contributed by atoms with Crippen molar-refractivity contribution in [3.05, 3.63) is 54.5 Å². The number of rotatable bonds is 6. The van der Waals surface area contributed by atoms with Gasteiger partial charge in [-0.3, -0.25) is 0 Å². The highest BCUT2D eigenvalue weighted by Gasteiger charge is 2.06. The molecular weight excluding hydrogens is 214 g/mol. The van der Waals surface area contributed by atoms with Crippen LogP contribution < -0.4 is 10.1 Å². The molecule has 2 aromatic rings. The van der Waals surface area contributed by atoms with Gasteiger partial charge in [0.05, 0.1) is 12.3 Å². The Hall–Kier alpha value is -1.74. The Morgan fingerprint density at radius 2 is 2.00 bits per heavy atom. The van der Waals surface area contributed by atoms with E-state index in [1.165, 1.54) is 0 Å². The summed E-state index contributed by atoms with van der Waals surface area (Å²) in [7, 11) is 0. The minimum Gasteiger partial charge on any atom is -0.492 e. The number of hydrogen-bond acceptors (Lipinski definition) is 3. The molecule has 0 radical (unpaired) electrons.